The molecule has 2 aromatic rings. The molecular weight excluding hydrogens is 218 g/mol. The maximum absolute atomic E-state index is 6.06. The van der Waals surface area contributed by atoms with Crippen LogP contribution >= 0.6 is 11.3 Å². The minimum Gasteiger partial charge on any atom is -0.328 e. The molecule has 0 amide bonds. The van der Waals surface area contributed by atoms with Crippen molar-refractivity contribution in [3.63, 3.8) is 0 Å². The van der Waals surface area contributed by atoms with Gasteiger partial charge in [0.15, 0.2) is 4.96 Å². The predicted molar refractivity (Wildman–Crippen MR) is 68.8 cm³/mol. The highest BCUT2D eigenvalue weighted by Gasteiger charge is 2.08. The van der Waals surface area contributed by atoms with E-state index in [9.17, 15) is 0 Å². The number of nitrogens with zero attached hydrogens (tertiary/aromatic N) is 2. The number of hydrogen-bond acceptors (Lipinski definition) is 3. The van der Waals surface area contributed by atoms with Crippen LogP contribution in [0.2, 0.25) is 0 Å². The molecule has 1 atom stereocenters. The lowest BCUT2D eigenvalue weighted by Crippen LogP contribution is -2.22. The zero-order chi connectivity index (χ0) is 11.5. The van der Waals surface area contributed by atoms with Gasteiger partial charge < -0.3 is 5.73 Å². The van der Waals surface area contributed by atoms with Crippen LogP contribution < -0.4 is 5.73 Å². The molecule has 0 aliphatic carbocycles. The van der Waals surface area contributed by atoms with E-state index in [0.29, 0.717) is 12.0 Å². The molecule has 2 N–H and O–H groups in total. The van der Waals surface area contributed by atoms with Crippen molar-refractivity contribution < 1.29 is 0 Å². The van der Waals surface area contributed by atoms with Crippen molar-refractivity contribution in [2.45, 2.75) is 39.2 Å². The molecule has 0 radical (unpaired) electrons. The van der Waals surface area contributed by atoms with Gasteiger partial charge in [0, 0.05) is 23.8 Å². The van der Waals surface area contributed by atoms with Crippen LogP contribution in [0.15, 0.2) is 17.8 Å². The van der Waals surface area contributed by atoms with Crippen molar-refractivity contribution >= 4 is 16.3 Å². The second kappa shape index (κ2) is 4.97. The molecule has 2 heterocycles. The van der Waals surface area contributed by atoms with Crippen LogP contribution in [-0.4, -0.2) is 15.4 Å². The van der Waals surface area contributed by atoms with Crippen molar-refractivity contribution in [1.82, 2.24) is 9.38 Å². The van der Waals surface area contributed by atoms with Gasteiger partial charge in [-0.2, -0.15) is 0 Å². The van der Waals surface area contributed by atoms with E-state index in [4.69, 9.17) is 5.73 Å². The Labute approximate surface area is 100 Å². The number of nitrogens with two attached hydrogens (primary N) is 1. The summed E-state index contributed by atoms with van der Waals surface area (Å²) >= 11 is 1.67. The Morgan fingerprint density at radius 2 is 2.31 bits per heavy atom. The minimum atomic E-state index is 0.305. The number of aryl methyl sites for hydroxylation is 1. The van der Waals surface area contributed by atoms with Gasteiger partial charge >= 0.3 is 0 Å². The highest BCUT2D eigenvalue weighted by Crippen LogP contribution is 2.14. The first-order valence-corrected chi connectivity index (χ1v) is 6.70. The zero-order valence-corrected chi connectivity index (χ0v) is 10.7. The number of rotatable bonds is 5. The van der Waals surface area contributed by atoms with Gasteiger partial charge in [0.05, 0.1) is 5.69 Å². The monoisotopic (exact) mass is 237 g/mol. The summed E-state index contributed by atoms with van der Waals surface area (Å²) in [6.07, 6.45) is 7.27. The average molecular weight is 237 g/mol. The molecule has 16 heavy (non-hydrogen) atoms. The molecule has 0 fully saturated rings. The van der Waals surface area contributed by atoms with Gasteiger partial charge in [0.2, 0.25) is 0 Å². The number of thiazole rings is 1. The summed E-state index contributed by atoms with van der Waals surface area (Å²) < 4.78 is 2.08. The van der Waals surface area contributed by atoms with Crippen molar-refractivity contribution in [3.05, 3.63) is 23.5 Å². The molecule has 4 heteroatoms. The van der Waals surface area contributed by atoms with E-state index >= 15 is 0 Å². The first-order valence-electron chi connectivity index (χ1n) is 5.82. The lowest BCUT2D eigenvalue weighted by Gasteiger charge is -2.12. The Morgan fingerprint density at radius 3 is 3.00 bits per heavy atom. The molecule has 88 valence electrons. The third kappa shape index (κ3) is 2.83. The Kier molecular flexibility index (Phi) is 3.61. The summed E-state index contributed by atoms with van der Waals surface area (Å²) in [6.45, 7) is 4.43. The molecule has 0 aliphatic heterocycles. The lowest BCUT2D eigenvalue weighted by atomic mass is 10.00. The highest BCUT2D eigenvalue weighted by molar-refractivity contribution is 7.15. The quantitative estimate of drug-likeness (QED) is 0.869. The summed E-state index contributed by atoms with van der Waals surface area (Å²) in [4.78, 5) is 5.63. The van der Waals surface area contributed by atoms with Crippen molar-refractivity contribution in [2.24, 2.45) is 11.7 Å². The Balaban J connectivity index is 1.88. The molecule has 0 bridgehead atoms. The van der Waals surface area contributed by atoms with Crippen LogP contribution in [0.4, 0.5) is 0 Å². The molecule has 0 saturated heterocycles. The van der Waals surface area contributed by atoms with Gasteiger partial charge in [0.1, 0.15) is 0 Å². The maximum atomic E-state index is 6.06. The van der Waals surface area contributed by atoms with Gasteiger partial charge in [-0.3, -0.25) is 4.40 Å². The molecule has 0 aliphatic rings. The molecule has 0 aromatic carbocycles. The third-order valence-corrected chi connectivity index (χ3v) is 3.46. The summed E-state index contributed by atoms with van der Waals surface area (Å²) in [6, 6.07) is 0.305. The summed E-state index contributed by atoms with van der Waals surface area (Å²) in [5.74, 6) is 0.681. The second-order valence-corrected chi connectivity index (χ2v) is 5.63. The molecule has 3 nitrogen and oxygen atoms in total. The molecule has 1 unspecified atom stereocenters. The number of imidazole rings is 1. The Bertz CT molecular complexity index is 415. The van der Waals surface area contributed by atoms with Gasteiger partial charge in [-0.25, -0.2) is 4.98 Å². The van der Waals surface area contributed by atoms with Crippen LogP contribution in [0.25, 0.3) is 4.96 Å². The topological polar surface area (TPSA) is 43.3 Å². The zero-order valence-electron chi connectivity index (χ0n) is 9.89. The number of fused-ring (bicyclic) bond motifs is 1. The summed E-state index contributed by atoms with van der Waals surface area (Å²) in [7, 11) is 0. The number of aromatic nitrogens is 2. The molecular formula is C12H19N3S. The summed E-state index contributed by atoms with van der Waals surface area (Å²) in [5, 5.41) is 2.05. The van der Waals surface area contributed by atoms with Gasteiger partial charge in [-0.05, 0) is 25.2 Å². The molecule has 0 spiro atoms. The van der Waals surface area contributed by atoms with E-state index in [2.05, 4.69) is 34.8 Å². The van der Waals surface area contributed by atoms with Gasteiger partial charge in [-0.15, -0.1) is 11.3 Å². The van der Waals surface area contributed by atoms with Gasteiger partial charge in [0.25, 0.3) is 0 Å². The fourth-order valence-corrected chi connectivity index (χ4v) is 2.67. The fraction of sp³-hybridized carbons (Fsp3) is 0.583. The Morgan fingerprint density at radius 1 is 1.50 bits per heavy atom. The van der Waals surface area contributed by atoms with Crippen LogP contribution in [0.5, 0.6) is 0 Å². The average Bonchev–Trinajstić information content (AvgIpc) is 2.72. The fourth-order valence-electron chi connectivity index (χ4n) is 1.95. The van der Waals surface area contributed by atoms with Crippen LogP contribution in [0.3, 0.4) is 0 Å². The van der Waals surface area contributed by atoms with Gasteiger partial charge in [-0.1, -0.05) is 13.8 Å². The van der Waals surface area contributed by atoms with E-state index < -0.39 is 0 Å². The van der Waals surface area contributed by atoms with E-state index in [1.165, 1.54) is 0 Å². The number of hydrogen-bond donors (Lipinski definition) is 1. The normalized spacial score (nSPS) is 13.8. The van der Waals surface area contributed by atoms with Crippen LogP contribution in [-0.2, 0) is 6.42 Å². The first-order chi connectivity index (χ1) is 7.65. The van der Waals surface area contributed by atoms with E-state index in [0.717, 1.165) is 29.9 Å². The first kappa shape index (κ1) is 11.6. The molecule has 0 saturated carbocycles. The third-order valence-electron chi connectivity index (χ3n) is 2.69. The van der Waals surface area contributed by atoms with Crippen molar-refractivity contribution in [1.29, 1.82) is 0 Å². The minimum absolute atomic E-state index is 0.305. The Hall–Kier alpha value is -0.870. The van der Waals surface area contributed by atoms with Crippen molar-refractivity contribution in [2.75, 3.05) is 0 Å². The second-order valence-electron chi connectivity index (χ2n) is 4.75. The molecule has 2 aromatic heterocycles. The predicted octanol–water partition coefficient (Wildman–Crippen LogP) is 2.70. The van der Waals surface area contributed by atoms with E-state index in [1.54, 1.807) is 11.3 Å². The smallest absolute Gasteiger partial charge is 0.193 e. The van der Waals surface area contributed by atoms with Crippen LogP contribution in [0, 0.1) is 5.92 Å². The van der Waals surface area contributed by atoms with Crippen molar-refractivity contribution in [3.8, 4) is 0 Å². The lowest BCUT2D eigenvalue weighted by molar-refractivity contribution is 0.472. The van der Waals surface area contributed by atoms with E-state index in [1.807, 2.05) is 6.20 Å². The largest absolute Gasteiger partial charge is 0.328 e. The SMILES string of the molecule is CC(C)CC(N)CCc1cn2ccsc2n1. The molecule has 2 rings (SSSR count). The summed E-state index contributed by atoms with van der Waals surface area (Å²) in [5.41, 5.74) is 7.22. The maximum Gasteiger partial charge on any atom is 0.193 e. The highest BCUT2D eigenvalue weighted by atomic mass is 32.1. The van der Waals surface area contributed by atoms with Crippen LogP contribution in [0.1, 0.15) is 32.4 Å². The standard InChI is InChI=1S/C12H19N3S/c1-9(2)7-10(13)3-4-11-8-15-5-6-16-12(15)14-11/h5-6,8-10H,3-4,7,13H2,1-2H3. The van der Waals surface area contributed by atoms with E-state index in [-0.39, 0.29) is 0 Å².